The number of hydrogen-bond acceptors (Lipinski definition) is 14. The van der Waals surface area contributed by atoms with Crippen LogP contribution in [-0.2, 0) is 38.1 Å². The molecule has 14 heteroatoms. The number of aliphatic hydroxyl groups is 6. The quantitative estimate of drug-likeness (QED) is 0.0579. The maximum Gasteiger partial charge on any atom is 0.330 e. The van der Waals surface area contributed by atoms with Crippen molar-refractivity contribution in [3.05, 3.63) is 50.6 Å². The topological polar surface area (TPSA) is 227 Å². The van der Waals surface area contributed by atoms with Gasteiger partial charge in [0.15, 0.2) is 0 Å². The number of rotatable bonds is 20. The lowest BCUT2D eigenvalue weighted by molar-refractivity contribution is -0.164. The van der Waals surface area contributed by atoms with Gasteiger partial charge in [0.25, 0.3) is 0 Å². The van der Waals surface area contributed by atoms with E-state index in [9.17, 15) is 19.2 Å². The molecule has 0 heterocycles. The van der Waals surface area contributed by atoms with E-state index in [-0.39, 0.29) is 66.1 Å². The number of ether oxygens (including phenoxy) is 4. The normalized spacial score (nSPS) is 10.8. The third-order valence-corrected chi connectivity index (χ3v) is 6.26. The lowest BCUT2D eigenvalue weighted by Crippen LogP contribution is -2.43. The standard InChI is InChI=1S/C17H20O8.2C6H14O3/c1-5-13(18)22-9-17(10-23-14(19)6-2,11-24-15(20)7-3)12-25-16(21)8-4;2*1-2-6(3-7,4-8)5-9/h5-8H,1-4,9-12H2;2*7-9H,2-5H2,1H3. The molecule has 14 nitrogen and oxygen atoms in total. The van der Waals surface area contributed by atoms with E-state index in [1.54, 1.807) is 0 Å². The Balaban J connectivity index is -0.000000722. The van der Waals surface area contributed by atoms with Crippen molar-refractivity contribution < 1.29 is 68.8 Å². The van der Waals surface area contributed by atoms with Crippen LogP contribution in [0, 0.1) is 16.2 Å². The second kappa shape index (κ2) is 25.1. The molecular formula is C29H48O14. The Morgan fingerprint density at radius 3 is 0.744 bits per heavy atom. The Labute approximate surface area is 252 Å². The van der Waals surface area contributed by atoms with Gasteiger partial charge in [-0.15, -0.1) is 0 Å². The Morgan fingerprint density at radius 2 is 0.651 bits per heavy atom. The second-order valence-electron chi connectivity index (χ2n) is 9.40. The minimum atomic E-state index is -1.34. The van der Waals surface area contributed by atoms with Gasteiger partial charge in [-0.2, -0.15) is 0 Å². The van der Waals surface area contributed by atoms with Crippen LogP contribution in [0.15, 0.2) is 50.6 Å². The van der Waals surface area contributed by atoms with Gasteiger partial charge >= 0.3 is 23.9 Å². The molecule has 0 saturated carbocycles. The molecule has 0 saturated heterocycles. The highest BCUT2D eigenvalue weighted by Gasteiger charge is 2.37. The molecule has 0 amide bonds. The smallest absolute Gasteiger partial charge is 0.330 e. The Hall–Kier alpha value is -3.40. The van der Waals surface area contributed by atoms with E-state index < -0.39 is 40.1 Å². The van der Waals surface area contributed by atoms with Crippen LogP contribution in [0.5, 0.6) is 0 Å². The van der Waals surface area contributed by atoms with E-state index in [1.807, 2.05) is 13.8 Å². The largest absolute Gasteiger partial charge is 0.462 e. The third kappa shape index (κ3) is 18.7. The molecule has 0 fully saturated rings. The van der Waals surface area contributed by atoms with Gasteiger partial charge in [0, 0.05) is 35.1 Å². The summed E-state index contributed by atoms with van der Waals surface area (Å²) in [4.78, 5) is 45.3. The summed E-state index contributed by atoms with van der Waals surface area (Å²) in [6.07, 6.45) is 4.88. The van der Waals surface area contributed by atoms with Crippen molar-refractivity contribution in [2.75, 3.05) is 66.1 Å². The molecule has 0 radical (unpaired) electrons. The van der Waals surface area contributed by atoms with Gasteiger partial charge in [0.2, 0.25) is 0 Å². The molecule has 0 aliphatic carbocycles. The summed E-state index contributed by atoms with van der Waals surface area (Å²) in [5.41, 5.74) is -2.67. The molecule has 248 valence electrons. The van der Waals surface area contributed by atoms with Gasteiger partial charge in [-0.1, -0.05) is 40.2 Å². The number of hydrogen-bond donors (Lipinski definition) is 6. The molecular weight excluding hydrogens is 572 g/mol. The zero-order chi connectivity index (χ0) is 34.0. The van der Waals surface area contributed by atoms with E-state index in [0.29, 0.717) is 12.8 Å². The number of esters is 4. The highest BCUT2D eigenvalue weighted by molar-refractivity contribution is 5.82. The molecule has 0 rings (SSSR count). The fourth-order valence-electron chi connectivity index (χ4n) is 2.35. The maximum absolute atomic E-state index is 11.3. The minimum Gasteiger partial charge on any atom is -0.462 e. The summed E-state index contributed by atoms with van der Waals surface area (Å²) in [5.74, 6) is -3.04. The molecule has 0 unspecified atom stereocenters. The van der Waals surface area contributed by atoms with Crippen LogP contribution in [0.4, 0.5) is 0 Å². The molecule has 0 spiro atoms. The molecule has 43 heavy (non-hydrogen) atoms. The van der Waals surface area contributed by atoms with Crippen molar-refractivity contribution in [3.63, 3.8) is 0 Å². The monoisotopic (exact) mass is 620 g/mol. The van der Waals surface area contributed by atoms with Gasteiger partial charge in [0.1, 0.15) is 31.8 Å². The van der Waals surface area contributed by atoms with Gasteiger partial charge in [-0.25, -0.2) is 19.2 Å². The first-order valence-corrected chi connectivity index (χ1v) is 13.1. The van der Waals surface area contributed by atoms with Crippen LogP contribution in [0.3, 0.4) is 0 Å². The van der Waals surface area contributed by atoms with E-state index in [1.165, 1.54) is 0 Å². The first kappa shape index (κ1) is 44.0. The fraction of sp³-hybridized carbons (Fsp3) is 0.586. The highest BCUT2D eigenvalue weighted by atomic mass is 16.6. The van der Waals surface area contributed by atoms with E-state index in [0.717, 1.165) is 24.3 Å². The average Bonchev–Trinajstić information content (AvgIpc) is 3.06. The summed E-state index contributed by atoms with van der Waals surface area (Å²) in [5, 5.41) is 51.9. The van der Waals surface area contributed by atoms with Gasteiger partial charge < -0.3 is 49.6 Å². The zero-order valence-corrected chi connectivity index (χ0v) is 25.1. The molecule has 0 atom stereocenters. The predicted molar refractivity (Wildman–Crippen MR) is 155 cm³/mol. The highest BCUT2D eigenvalue weighted by Crippen LogP contribution is 2.22. The lowest BCUT2D eigenvalue weighted by Gasteiger charge is -2.31. The molecule has 0 aromatic carbocycles. The minimum absolute atomic E-state index is 0.156. The summed E-state index contributed by atoms with van der Waals surface area (Å²) >= 11 is 0. The summed E-state index contributed by atoms with van der Waals surface area (Å²) in [7, 11) is 0. The maximum atomic E-state index is 11.3. The van der Waals surface area contributed by atoms with Crippen molar-refractivity contribution in [1.82, 2.24) is 0 Å². The molecule has 0 aliphatic rings. The predicted octanol–water partition coefficient (Wildman–Crippen LogP) is -0.391. The van der Waals surface area contributed by atoms with Crippen LogP contribution in [0.1, 0.15) is 26.7 Å². The molecule has 0 aliphatic heterocycles. The van der Waals surface area contributed by atoms with Crippen LogP contribution in [0.2, 0.25) is 0 Å². The van der Waals surface area contributed by atoms with Crippen molar-refractivity contribution in [3.8, 4) is 0 Å². The van der Waals surface area contributed by atoms with Crippen LogP contribution < -0.4 is 0 Å². The third-order valence-electron chi connectivity index (χ3n) is 6.26. The average molecular weight is 621 g/mol. The fourth-order valence-corrected chi connectivity index (χ4v) is 2.35. The van der Waals surface area contributed by atoms with Crippen molar-refractivity contribution in [1.29, 1.82) is 0 Å². The first-order valence-electron chi connectivity index (χ1n) is 13.1. The molecule has 0 bridgehead atoms. The van der Waals surface area contributed by atoms with E-state index >= 15 is 0 Å². The van der Waals surface area contributed by atoms with Crippen LogP contribution in [0.25, 0.3) is 0 Å². The Bertz CT molecular complexity index is 703. The SMILES string of the molecule is C=CC(=O)OCC(COC(=O)C=C)(COC(=O)C=C)COC(=O)C=C.CCC(CO)(CO)CO.CCC(CO)(CO)CO. The van der Waals surface area contributed by atoms with Gasteiger partial charge in [0.05, 0.1) is 39.6 Å². The van der Waals surface area contributed by atoms with Crippen LogP contribution >= 0.6 is 0 Å². The van der Waals surface area contributed by atoms with Crippen molar-refractivity contribution in [2.45, 2.75) is 26.7 Å². The number of carbonyl (C=O) groups is 4. The summed E-state index contributed by atoms with van der Waals surface area (Å²) < 4.78 is 19.8. The molecule has 6 N–H and O–H groups in total. The number of aliphatic hydroxyl groups excluding tert-OH is 6. The van der Waals surface area contributed by atoms with Gasteiger partial charge in [-0.3, -0.25) is 0 Å². The zero-order valence-electron chi connectivity index (χ0n) is 25.1. The molecule has 0 aromatic rings. The Morgan fingerprint density at radius 1 is 0.465 bits per heavy atom. The van der Waals surface area contributed by atoms with Crippen molar-refractivity contribution in [2.24, 2.45) is 16.2 Å². The van der Waals surface area contributed by atoms with Crippen LogP contribution in [-0.4, -0.2) is 121 Å². The number of carbonyl (C=O) groups excluding carboxylic acids is 4. The Kier molecular flexibility index (Phi) is 25.7. The summed E-state index contributed by atoms with van der Waals surface area (Å²) in [6, 6.07) is 0. The second-order valence-corrected chi connectivity index (χ2v) is 9.40. The van der Waals surface area contributed by atoms with E-state index in [4.69, 9.17) is 49.6 Å². The van der Waals surface area contributed by atoms with E-state index in [2.05, 4.69) is 26.3 Å². The van der Waals surface area contributed by atoms with Gasteiger partial charge in [-0.05, 0) is 12.8 Å². The first-order chi connectivity index (χ1) is 20.3. The lowest BCUT2D eigenvalue weighted by atomic mass is 9.88. The summed E-state index contributed by atoms with van der Waals surface area (Å²) in [6.45, 7) is 14.2. The molecule has 0 aromatic heterocycles. The van der Waals surface area contributed by atoms with Crippen molar-refractivity contribution >= 4 is 23.9 Å².